The first-order valence-electron chi connectivity index (χ1n) is 8.77. The molecule has 2 aromatic rings. The van der Waals surface area contributed by atoms with Gasteiger partial charge in [0.2, 0.25) is 5.91 Å². The summed E-state index contributed by atoms with van der Waals surface area (Å²) >= 11 is 0. The Morgan fingerprint density at radius 1 is 1.33 bits per heavy atom. The number of amides is 1. The van der Waals surface area contributed by atoms with Crippen LogP contribution in [-0.4, -0.2) is 39.5 Å². The fraction of sp³-hybridized carbons (Fsp3) is 0.421. The topological polar surface area (TPSA) is 83.6 Å². The van der Waals surface area contributed by atoms with Gasteiger partial charge in [0.25, 0.3) is 0 Å². The van der Waals surface area contributed by atoms with Crippen molar-refractivity contribution < 1.29 is 27.9 Å². The lowest BCUT2D eigenvalue weighted by Crippen LogP contribution is -2.47. The number of halogens is 2. The second-order valence-electron chi connectivity index (χ2n) is 6.75. The molecule has 0 bridgehead atoms. The minimum atomic E-state index is -0.890. The van der Waals surface area contributed by atoms with Crippen LogP contribution in [0.1, 0.15) is 32.1 Å². The number of carbonyl (C=O) groups is 2. The zero-order chi connectivity index (χ0) is 19.6. The largest absolute Gasteiger partial charge is 0.481 e. The third-order valence-electron chi connectivity index (χ3n) is 4.85. The molecule has 1 aliphatic heterocycles. The summed E-state index contributed by atoms with van der Waals surface area (Å²) in [5, 5.41) is 9.17. The fourth-order valence-corrected chi connectivity index (χ4v) is 3.25. The van der Waals surface area contributed by atoms with Crippen LogP contribution in [0, 0.1) is 17.6 Å². The van der Waals surface area contributed by atoms with Crippen molar-refractivity contribution in [1.29, 1.82) is 0 Å². The van der Waals surface area contributed by atoms with Crippen LogP contribution in [0.15, 0.2) is 28.8 Å². The molecule has 6 nitrogen and oxygen atoms in total. The van der Waals surface area contributed by atoms with Gasteiger partial charge < -0.3 is 14.4 Å². The van der Waals surface area contributed by atoms with Gasteiger partial charge in [-0.1, -0.05) is 0 Å². The van der Waals surface area contributed by atoms with Crippen LogP contribution in [0.5, 0.6) is 0 Å². The molecule has 27 heavy (non-hydrogen) atoms. The van der Waals surface area contributed by atoms with Crippen LogP contribution in [0.2, 0.25) is 0 Å². The number of hydrogen-bond donors (Lipinski definition) is 1. The van der Waals surface area contributed by atoms with Crippen LogP contribution in [0.25, 0.3) is 11.3 Å². The Labute approximate surface area is 154 Å². The van der Waals surface area contributed by atoms with Gasteiger partial charge >= 0.3 is 5.97 Å². The monoisotopic (exact) mass is 378 g/mol. The number of aliphatic carboxylic acids is 1. The number of rotatable bonds is 5. The van der Waals surface area contributed by atoms with Crippen molar-refractivity contribution >= 4 is 11.9 Å². The van der Waals surface area contributed by atoms with Crippen molar-refractivity contribution in [3.63, 3.8) is 0 Å². The van der Waals surface area contributed by atoms with E-state index in [0.29, 0.717) is 12.8 Å². The quantitative estimate of drug-likeness (QED) is 0.863. The molecule has 2 unspecified atom stereocenters. The predicted molar refractivity (Wildman–Crippen MR) is 91.7 cm³/mol. The van der Waals surface area contributed by atoms with Gasteiger partial charge in [-0.15, -0.1) is 0 Å². The molecule has 8 heteroatoms. The molecule has 0 spiro atoms. The third-order valence-corrected chi connectivity index (χ3v) is 4.85. The number of nitrogens with zero attached hydrogens (tertiary/aromatic N) is 2. The maximum Gasteiger partial charge on any atom is 0.308 e. The molecule has 0 saturated carbocycles. The zero-order valence-corrected chi connectivity index (χ0v) is 14.8. The number of benzene rings is 1. The van der Waals surface area contributed by atoms with E-state index >= 15 is 0 Å². The van der Waals surface area contributed by atoms with E-state index in [1.807, 2.05) is 6.92 Å². The summed E-state index contributed by atoms with van der Waals surface area (Å²) in [6, 6.07) is 3.14. The standard InChI is InChI=1S/C19H20F2N2O4/c1-11-2-3-12(19(25)26)10-23(11)18(24)7-6-17-22-9-16(27-17)14-5-4-13(20)8-15(14)21/h4-5,8-9,11-12H,2-3,6-7,10H2,1H3,(H,25,26). The number of aromatic nitrogens is 1. The Hall–Kier alpha value is -2.77. The first-order valence-corrected chi connectivity index (χ1v) is 8.77. The van der Waals surface area contributed by atoms with Crippen molar-refractivity contribution in [3.05, 3.63) is 41.9 Å². The molecule has 0 radical (unpaired) electrons. The van der Waals surface area contributed by atoms with E-state index in [-0.39, 0.29) is 48.5 Å². The van der Waals surface area contributed by atoms with Gasteiger partial charge in [-0.2, -0.15) is 0 Å². The number of carboxylic acid groups (broad SMARTS) is 1. The summed E-state index contributed by atoms with van der Waals surface area (Å²) in [4.78, 5) is 29.3. The van der Waals surface area contributed by atoms with Gasteiger partial charge in [0.15, 0.2) is 11.7 Å². The fourth-order valence-electron chi connectivity index (χ4n) is 3.25. The van der Waals surface area contributed by atoms with Crippen LogP contribution < -0.4 is 0 Å². The minimum Gasteiger partial charge on any atom is -0.481 e. The molecular formula is C19H20F2N2O4. The van der Waals surface area contributed by atoms with Gasteiger partial charge in [-0.05, 0) is 31.9 Å². The number of aryl methyl sites for hydroxylation is 1. The molecule has 2 atom stereocenters. The number of carbonyl (C=O) groups excluding carboxylic acids is 1. The summed E-state index contributed by atoms with van der Waals surface area (Å²) < 4.78 is 32.3. The first kappa shape index (κ1) is 19.0. The first-order chi connectivity index (χ1) is 12.8. The average molecular weight is 378 g/mol. The van der Waals surface area contributed by atoms with Gasteiger partial charge in [0, 0.05) is 31.5 Å². The lowest BCUT2D eigenvalue weighted by Gasteiger charge is -2.36. The van der Waals surface area contributed by atoms with Crippen molar-refractivity contribution in [2.45, 2.75) is 38.6 Å². The van der Waals surface area contributed by atoms with E-state index in [4.69, 9.17) is 9.52 Å². The Balaban J connectivity index is 1.62. The van der Waals surface area contributed by atoms with E-state index in [1.165, 1.54) is 12.3 Å². The minimum absolute atomic E-state index is 0.0125. The molecule has 1 amide bonds. The Morgan fingerprint density at radius 2 is 2.11 bits per heavy atom. The summed E-state index contributed by atoms with van der Waals surface area (Å²) in [6.45, 7) is 2.10. The summed E-state index contributed by atoms with van der Waals surface area (Å²) in [7, 11) is 0. The SMILES string of the molecule is CC1CCC(C(=O)O)CN1C(=O)CCc1ncc(-c2ccc(F)cc2F)o1. The predicted octanol–water partition coefficient (Wildman–Crippen LogP) is 3.26. The molecule has 1 fully saturated rings. The number of hydrogen-bond acceptors (Lipinski definition) is 4. The second kappa shape index (κ2) is 7.85. The summed E-state index contributed by atoms with van der Waals surface area (Å²) in [5.74, 6) is -2.61. The Bertz CT molecular complexity index is 852. The number of piperidine rings is 1. The molecule has 1 aromatic heterocycles. The maximum absolute atomic E-state index is 13.8. The lowest BCUT2D eigenvalue weighted by atomic mass is 9.93. The molecule has 2 heterocycles. The highest BCUT2D eigenvalue weighted by Gasteiger charge is 2.32. The zero-order valence-electron chi connectivity index (χ0n) is 14.8. The Kier molecular flexibility index (Phi) is 5.53. The van der Waals surface area contributed by atoms with Gasteiger partial charge in [0.05, 0.1) is 17.7 Å². The Morgan fingerprint density at radius 3 is 2.81 bits per heavy atom. The number of likely N-dealkylation sites (tertiary alicyclic amines) is 1. The van der Waals surface area contributed by atoms with Gasteiger partial charge in [-0.3, -0.25) is 9.59 Å². The number of oxazole rings is 1. The van der Waals surface area contributed by atoms with Crippen LogP contribution in [0.3, 0.4) is 0 Å². The molecule has 1 saturated heterocycles. The molecule has 0 aliphatic carbocycles. The smallest absolute Gasteiger partial charge is 0.308 e. The molecular weight excluding hydrogens is 358 g/mol. The molecule has 1 N–H and O–H groups in total. The van der Waals surface area contributed by atoms with Crippen molar-refractivity contribution in [1.82, 2.24) is 9.88 Å². The summed E-state index contributed by atoms with van der Waals surface area (Å²) in [6.07, 6.45) is 2.87. The lowest BCUT2D eigenvalue weighted by molar-refractivity contribution is -0.147. The van der Waals surface area contributed by atoms with E-state index in [1.54, 1.807) is 4.90 Å². The van der Waals surface area contributed by atoms with Crippen molar-refractivity contribution in [3.8, 4) is 11.3 Å². The normalized spacial score (nSPS) is 19.9. The molecule has 3 rings (SSSR count). The van der Waals surface area contributed by atoms with E-state index in [0.717, 1.165) is 12.1 Å². The number of carboxylic acids is 1. The molecule has 1 aromatic carbocycles. The van der Waals surface area contributed by atoms with E-state index in [9.17, 15) is 18.4 Å². The summed E-state index contributed by atoms with van der Waals surface area (Å²) in [5.41, 5.74) is 0.0930. The third kappa shape index (κ3) is 4.32. The maximum atomic E-state index is 13.8. The van der Waals surface area contributed by atoms with E-state index in [2.05, 4.69) is 4.98 Å². The highest BCUT2D eigenvalue weighted by Crippen LogP contribution is 2.26. The van der Waals surface area contributed by atoms with Crippen molar-refractivity contribution in [2.24, 2.45) is 5.92 Å². The second-order valence-corrected chi connectivity index (χ2v) is 6.75. The van der Waals surface area contributed by atoms with E-state index < -0.39 is 23.5 Å². The average Bonchev–Trinajstić information content (AvgIpc) is 3.08. The van der Waals surface area contributed by atoms with Gasteiger partial charge in [-0.25, -0.2) is 13.8 Å². The van der Waals surface area contributed by atoms with Crippen LogP contribution >= 0.6 is 0 Å². The van der Waals surface area contributed by atoms with Crippen LogP contribution in [-0.2, 0) is 16.0 Å². The highest BCUT2D eigenvalue weighted by atomic mass is 19.1. The van der Waals surface area contributed by atoms with Crippen molar-refractivity contribution in [2.75, 3.05) is 6.54 Å². The molecule has 1 aliphatic rings. The van der Waals surface area contributed by atoms with Crippen LogP contribution in [0.4, 0.5) is 8.78 Å². The molecule has 144 valence electrons. The van der Waals surface area contributed by atoms with Gasteiger partial charge in [0.1, 0.15) is 11.6 Å². The highest BCUT2D eigenvalue weighted by molar-refractivity contribution is 5.78.